The lowest BCUT2D eigenvalue weighted by atomic mass is 10.1. The molecule has 0 saturated carbocycles. The average Bonchev–Trinajstić information content (AvgIpc) is 2.59. The van der Waals surface area contributed by atoms with E-state index in [1.807, 2.05) is 41.3 Å². The Labute approximate surface area is 147 Å². The van der Waals surface area contributed by atoms with Crippen LogP contribution in [-0.2, 0) is 22.6 Å². The van der Waals surface area contributed by atoms with Gasteiger partial charge in [0.2, 0.25) is 11.8 Å². The Morgan fingerprint density at radius 2 is 1.88 bits per heavy atom. The molecule has 2 amide bonds. The van der Waals surface area contributed by atoms with Gasteiger partial charge in [-0.15, -0.1) is 0 Å². The van der Waals surface area contributed by atoms with E-state index in [-0.39, 0.29) is 11.8 Å². The topological polar surface area (TPSA) is 75.4 Å². The molecule has 5 heteroatoms. The Morgan fingerprint density at radius 3 is 2.64 bits per heavy atom. The van der Waals surface area contributed by atoms with Gasteiger partial charge in [-0.3, -0.25) is 9.59 Å². The molecule has 0 aliphatic carbocycles. The summed E-state index contributed by atoms with van der Waals surface area (Å²) in [5.41, 5.74) is 9.04. The van der Waals surface area contributed by atoms with Crippen molar-refractivity contribution in [2.75, 3.05) is 17.6 Å². The zero-order valence-corrected chi connectivity index (χ0v) is 14.2. The van der Waals surface area contributed by atoms with Crippen LogP contribution in [0.5, 0.6) is 0 Å². The molecule has 2 aromatic carbocycles. The summed E-state index contributed by atoms with van der Waals surface area (Å²) in [6.45, 7) is 1.41. The predicted octanol–water partition coefficient (Wildman–Crippen LogP) is 2.96. The molecule has 0 unspecified atom stereocenters. The Bertz CT molecular complexity index is 756. The number of carbonyl (C=O) groups is 2. The van der Waals surface area contributed by atoms with Crippen molar-refractivity contribution in [2.45, 2.75) is 32.2 Å². The van der Waals surface area contributed by atoms with Crippen LogP contribution in [0.2, 0.25) is 0 Å². The van der Waals surface area contributed by atoms with E-state index in [0.717, 1.165) is 36.2 Å². The molecule has 25 heavy (non-hydrogen) atoms. The first-order chi connectivity index (χ1) is 12.1. The zero-order valence-electron chi connectivity index (χ0n) is 14.2. The number of piperidine rings is 1. The number of nitrogens with zero attached hydrogens (tertiary/aromatic N) is 1. The number of amides is 2. The lowest BCUT2D eigenvalue weighted by molar-refractivity contribution is -0.133. The van der Waals surface area contributed by atoms with Crippen LogP contribution in [0.15, 0.2) is 48.5 Å². The molecule has 2 aromatic rings. The molecule has 5 nitrogen and oxygen atoms in total. The minimum absolute atomic E-state index is 0.0732. The second-order valence-corrected chi connectivity index (χ2v) is 6.44. The van der Waals surface area contributed by atoms with Gasteiger partial charge < -0.3 is 16.0 Å². The molecule has 0 radical (unpaired) electrons. The summed E-state index contributed by atoms with van der Waals surface area (Å²) in [6.07, 6.45) is 2.98. The predicted molar refractivity (Wildman–Crippen MR) is 98.9 cm³/mol. The number of carbonyl (C=O) groups excluding carboxylic acids is 2. The first-order valence-corrected chi connectivity index (χ1v) is 8.61. The molecule has 1 aliphatic rings. The van der Waals surface area contributed by atoms with E-state index in [9.17, 15) is 9.59 Å². The van der Waals surface area contributed by atoms with Gasteiger partial charge in [0.05, 0.1) is 6.42 Å². The van der Waals surface area contributed by atoms with Crippen LogP contribution in [0.4, 0.5) is 11.4 Å². The molecule has 130 valence electrons. The van der Waals surface area contributed by atoms with Crippen LogP contribution in [0, 0.1) is 0 Å². The van der Waals surface area contributed by atoms with Crippen LogP contribution < -0.4 is 11.1 Å². The van der Waals surface area contributed by atoms with Crippen molar-refractivity contribution in [3.8, 4) is 0 Å². The highest BCUT2D eigenvalue weighted by Gasteiger charge is 2.18. The number of rotatable bonds is 5. The van der Waals surface area contributed by atoms with Crippen LogP contribution in [0.3, 0.4) is 0 Å². The van der Waals surface area contributed by atoms with Gasteiger partial charge in [-0.25, -0.2) is 0 Å². The van der Waals surface area contributed by atoms with Crippen molar-refractivity contribution in [1.82, 2.24) is 4.90 Å². The van der Waals surface area contributed by atoms with Gasteiger partial charge in [0.15, 0.2) is 0 Å². The number of anilines is 2. The number of hydrogen-bond acceptors (Lipinski definition) is 3. The van der Waals surface area contributed by atoms with Gasteiger partial charge in [0.1, 0.15) is 0 Å². The van der Waals surface area contributed by atoms with Crippen LogP contribution in [-0.4, -0.2) is 23.3 Å². The molecule has 3 N–H and O–H groups in total. The maximum Gasteiger partial charge on any atom is 0.228 e. The van der Waals surface area contributed by atoms with Gasteiger partial charge in [-0.1, -0.05) is 24.3 Å². The SMILES string of the molecule is Nc1ccc(CC(=O)Nc2cccc(CN3CCCCC3=O)c2)cc1. The maximum absolute atomic E-state index is 12.2. The summed E-state index contributed by atoms with van der Waals surface area (Å²) in [4.78, 5) is 26.0. The van der Waals surface area contributed by atoms with Gasteiger partial charge >= 0.3 is 0 Å². The number of likely N-dealkylation sites (tertiary alicyclic amines) is 1. The highest BCUT2D eigenvalue weighted by atomic mass is 16.2. The van der Waals surface area contributed by atoms with Crippen molar-refractivity contribution >= 4 is 23.2 Å². The third kappa shape index (κ3) is 4.83. The summed E-state index contributed by atoms with van der Waals surface area (Å²) in [7, 11) is 0. The molecule has 1 fully saturated rings. The van der Waals surface area contributed by atoms with E-state index in [1.165, 1.54) is 0 Å². The van der Waals surface area contributed by atoms with Crippen molar-refractivity contribution in [3.63, 3.8) is 0 Å². The molecule has 0 atom stereocenters. The highest BCUT2D eigenvalue weighted by molar-refractivity contribution is 5.92. The fraction of sp³-hybridized carbons (Fsp3) is 0.300. The molecule has 1 saturated heterocycles. The lowest BCUT2D eigenvalue weighted by Gasteiger charge is -2.26. The minimum Gasteiger partial charge on any atom is -0.399 e. The minimum atomic E-state index is -0.0732. The quantitative estimate of drug-likeness (QED) is 0.824. The second-order valence-electron chi connectivity index (χ2n) is 6.44. The van der Waals surface area contributed by atoms with Crippen molar-refractivity contribution in [3.05, 3.63) is 59.7 Å². The normalized spacial score (nSPS) is 14.4. The van der Waals surface area contributed by atoms with Gasteiger partial charge in [0, 0.05) is 30.9 Å². The molecule has 0 spiro atoms. The smallest absolute Gasteiger partial charge is 0.228 e. The van der Waals surface area contributed by atoms with Crippen molar-refractivity contribution < 1.29 is 9.59 Å². The molecule has 3 rings (SSSR count). The number of hydrogen-bond donors (Lipinski definition) is 2. The fourth-order valence-electron chi connectivity index (χ4n) is 3.02. The van der Waals surface area contributed by atoms with Gasteiger partial charge in [-0.2, -0.15) is 0 Å². The van der Waals surface area contributed by atoms with E-state index < -0.39 is 0 Å². The van der Waals surface area contributed by atoms with Crippen molar-refractivity contribution in [1.29, 1.82) is 0 Å². The van der Waals surface area contributed by atoms with Gasteiger partial charge in [0.25, 0.3) is 0 Å². The number of nitrogens with two attached hydrogens (primary N) is 1. The summed E-state index contributed by atoms with van der Waals surface area (Å²) in [6, 6.07) is 15.0. The van der Waals surface area contributed by atoms with Gasteiger partial charge in [-0.05, 0) is 48.2 Å². The lowest BCUT2D eigenvalue weighted by Crippen LogP contribution is -2.34. The zero-order chi connectivity index (χ0) is 17.6. The number of nitrogens with one attached hydrogen (secondary N) is 1. The van der Waals surface area contributed by atoms with Crippen LogP contribution in [0.1, 0.15) is 30.4 Å². The monoisotopic (exact) mass is 337 g/mol. The molecular weight excluding hydrogens is 314 g/mol. The number of benzene rings is 2. The molecule has 1 heterocycles. The van der Waals surface area contributed by atoms with Crippen molar-refractivity contribution in [2.24, 2.45) is 0 Å². The second kappa shape index (κ2) is 7.83. The van der Waals surface area contributed by atoms with E-state index >= 15 is 0 Å². The summed E-state index contributed by atoms with van der Waals surface area (Å²) < 4.78 is 0. The van der Waals surface area contributed by atoms with Crippen LogP contribution >= 0.6 is 0 Å². The van der Waals surface area contributed by atoms with E-state index in [2.05, 4.69) is 5.32 Å². The average molecular weight is 337 g/mol. The molecule has 1 aliphatic heterocycles. The highest BCUT2D eigenvalue weighted by Crippen LogP contribution is 2.17. The largest absolute Gasteiger partial charge is 0.399 e. The van der Waals surface area contributed by atoms with E-state index in [4.69, 9.17) is 5.73 Å². The third-order valence-corrected chi connectivity index (χ3v) is 4.35. The first-order valence-electron chi connectivity index (χ1n) is 8.61. The number of nitrogen functional groups attached to an aromatic ring is 1. The summed E-state index contributed by atoms with van der Waals surface area (Å²) in [5.74, 6) is 0.139. The molecule has 0 aromatic heterocycles. The Hall–Kier alpha value is -2.82. The standard InChI is InChI=1S/C20H23N3O2/c21-17-9-7-15(8-10-17)13-19(24)22-18-5-3-4-16(12-18)14-23-11-2-1-6-20(23)25/h3-5,7-10,12H,1-2,6,11,13-14,21H2,(H,22,24). The van der Waals surface area contributed by atoms with E-state index in [1.54, 1.807) is 12.1 Å². The van der Waals surface area contributed by atoms with Crippen LogP contribution in [0.25, 0.3) is 0 Å². The first kappa shape index (κ1) is 17.0. The maximum atomic E-state index is 12.2. The van der Waals surface area contributed by atoms with E-state index in [0.29, 0.717) is 25.1 Å². The Morgan fingerprint density at radius 1 is 1.08 bits per heavy atom. The molecular formula is C20H23N3O2. The summed E-state index contributed by atoms with van der Waals surface area (Å²) >= 11 is 0. The molecule has 0 bridgehead atoms. The fourth-order valence-corrected chi connectivity index (χ4v) is 3.02. The third-order valence-electron chi connectivity index (χ3n) is 4.35. The summed E-state index contributed by atoms with van der Waals surface area (Å²) in [5, 5.41) is 2.92. The Kier molecular flexibility index (Phi) is 5.33. The Balaban J connectivity index is 1.60.